The highest BCUT2D eigenvalue weighted by atomic mass is 28.2. The van der Waals surface area contributed by atoms with Gasteiger partial charge in [0.1, 0.15) is 0 Å². The van der Waals surface area contributed by atoms with Crippen LogP contribution in [-0.4, -0.2) is 40.7 Å². The van der Waals surface area contributed by atoms with E-state index in [1.807, 2.05) is 0 Å². The summed E-state index contributed by atoms with van der Waals surface area (Å²) in [5.74, 6) is 0. The largest absolute Gasteiger partial charge is 0.304 e. The molecular formula is C11H26N2Si. The van der Waals surface area contributed by atoms with E-state index in [-0.39, 0.29) is 9.52 Å². The molecule has 0 bridgehead atoms. The van der Waals surface area contributed by atoms with E-state index in [1.54, 1.807) is 0 Å². The van der Waals surface area contributed by atoms with Crippen molar-refractivity contribution in [1.29, 1.82) is 0 Å². The van der Waals surface area contributed by atoms with Crippen molar-refractivity contribution in [3.63, 3.8) is 0 Å². The molecule has 0 atom stereocenters. The highest BCUT2D eigenvalue weighted by molar-refractivity contribution is 6.45. The lowest BCUT2D eigenvalue weighted by Crippen LogP contribution is -2.38. The molecule has 3 heteroatoms. The maximum atomic E-state index is 3.84. The van der Waals surface area contributed by atoms with E-state index in [0.29, 0.717) is 5.04 Å². The van der Waals surface area contributed by atoms with Crippen LogP contribution in [0.2, 0.25) is 5.04 Å². The van der Waals surface area contributed by atoms with Crippen molar-refractivity contribution >= 4 is 9.52 Å². The summed E-state index contributed by atoms with van der Waals surface area (Å²) in [6, 6.07) is 0. The minimum absolute atomic E-state index is 0.125. The van der Waals surface area contributed by atoms with Crippen LogP contribution in [0.15, 0.2) is 12.3 Å². The Balaban J connectivity index is 3.65. The number of nitrogens with one attached hydrogen (secondary N) is 1. The molecule has 0 aromatic carbocycles. The van der Waals surface area contributed by atoms with Crippen LogP contribution < -0.4 is 5.32 Å². The summed E-state index contributed by atoms with van der Waals surface area (Å²) in [5.41, 5.74) is 2.14. The van der Waals surface area contributed by atoms with Gasteiger partial charge in [-0.15, -0.1) is 12.3 Å². The predicted molar refractivity (Wildman–Crippen MR) is 68.6 cm³/mol. The molecule has 0 heterocycles. The van der Waals surface area contributed by atoms with Gasteiger partial charge in [-0.05, 0) is 24.7 Å². The fourth-order valence-electron chi connectivity index (χ4n) is 1.46. The number of hydrogen-bond donors (Lipinski definition) is 1. The third-order valence-electron chi connectivity index (χ3n) is 2.53. The lowest BCUT2D eigenvalue weighted by molar-refractivity contribution is 0.275. The second-order valence-corrected chi connectivity index (χ2v) is 7.44. The van der Waals surface area contributed by atoms with Gasteiger partial charge in [0, 0.05) is 6.67 Å². The molecule has 0 rings (SSSR count). The van der Waals surface area contributed by atoms with Gasteiger partial charge in [-0.25, -0.2) is 0 Å². The molecule has 84 valence electrons. The van der Waals surface area contributed by atoms with Gasteiger partial charge in [-0.3, -0.25) is 4.90 Å². The lowest BCUT2D eigenvalue weighted by atomic mass is 10.2. The van der Waals surface area contributed by atoms with Gasteiger partial charge in [-0.2, -0.15) is 0 Å². The van der Waals surface area contributed by atoms with Crippen molar-refractivity contribution in [2.45, 2.75) is 32.7 Å². The van der Waals surface area contributed by atoms with Gasteiger partial charge in [0.2, 0.25) is 0 Å². The Morgan fingerprint density at radius 1 is 1.36 bits per heavy atom. The second-order valence-electron chi connectivity index (χ2n) is 4.55. The first-order valence-corrected chi connectivity index (χ1v) is 7.12. The van der Waals surface area contributed by atoms with Crippen LogP contribution in [-0.2, 0) is 0 Å². The summed E-state index contributed by atoms with van der Waals surface area (Å²) in [4.78, 5) is 2.39. The molecule has 2 nitrogen and oxygen atoms in total. The first-order chi connectivity index (χ1) is 6.55. The average Bonchev–Trinajstić information content (AvgIpc) is 2.12. The third kappa shape index (κ3) is 6.35. The maximum absolute atomic E-state index is 3.84. The van der Waals surface area contributed by atoms with Crippen molar-refractivity contribution in [3.05, 3.63) is 12.3 Å². The Labute approximate surface area is 91.6 Å². The summed E-state index contributed by atoms with van der Waals surface area (Å²) >= 11 is 0. The SMILES string of the molecule is C=C[SiH2]C(C)(C)CNCN(CC)CC. The summed E-state index contributed by atoms with van der Waals surface area (Å²) in [6.07, 6.45) is 0. The predicted octanol–water partition coefficient (Wildman–Crippen LogP) is 1.39. The van der Waals surface area contributed by atoms with Gasteiger partial charge in [0.05, 0.1) is 9.52 Å². The minimum Gasteiger partial charge on any atom is -0.304 e. The molecule has 14 heavy (non-hydrogen) atoms. The molecule has 0 saturated heterocycles. The molecular weight excluding hydrogens is 188 g/mol. The van der Waals surface area contributed by atoms with Crippen molar-refractivity contribution in [3.8, 4) is 0 Å². The fourth-order valence-corrected chi connectivity index (χ4v) is 2.57. The summed E-state index contributed by atoms with van der Waals surface area (Å²) in [6.45, 7) is 17.3. The van der Waals surface area contributed by atoms with E-state index in [9.17, 15) is 0 Å². The zero-order valence-corrected chi connectivity index (χ0v) is 11.7. The number of nitrogens with zero attached hydrogens (tertiary/aromatic N) is 1. The number of hydrogen-bond acceptors (Lipinski definition) is 2. The van der Waals surface area contributed by atoms with E-state index in [1.165, 1.54) is 0 Å². The molecule has 0 aliphatic heterocycles. The first kappa shape index (κ1) is 13.9. The van der Waals surface area contributed by atoms with Crippen molar-refractivity contribution < 1.29 is 0 Å². The van der Waals surface area contributed by atoms with E-state index in [4.69, 9.17) is 0 Å². The van der Waals surface area contributed by atoms with Crippen molar-refractivity contribution in [1.82, 2.24) is 10.2 Å². The Hall–Kier alpha value is -0.123. The quantitative estimate of drug-likeness (QED) is 0.485. The molecule has 0 aromatic heterocycles. The van der Waals surface area contributed by atoms with Crippen LogP contribution in [0.4, 0.5) is 0 Å². The Morgan fingerprint density at radius 3 is 2.36 bits per heavy atom. The average molecular weight is 214 g/mol. The summed E-state index contributed by atoms with van der Waals surface area (Å²) in [7, 11) is -0.125. The Morgan fingerprint density at radius 2 is 1.93 bits per heavy atom. The zero-order valence-electron chi connectivity index (χ0n) is 10.3. The zero-order chi connectivity index (χ0) is 11.0. The normalized spacial score (nSPS) is 12.9. The molecule has 0 aromatic rings. The molecule has 0 aliphatic rings. The molecule has 0 aliphatic carbocycles. The van der Waals surface area contributed by atoms with E-state index >= 15 is 0 Å². The van der Waals surface area contributed by atoms with Crippen LogP contribution in [0, 0.1) is 0 Å². The van der Waals surface area contributed by atoms with Crippen LogP contribution in [0.1, 0.15) is 27.7 Å². The number of rotatable bonds is 8. The van der Waals surface area contributed by atoms with Crippen LogP contribution in [0.3, 0.4) is 0 Å². The molecule has 0 saturated carbocycles. The topological polar surface area (TPSA) is 15.3 Å². The molecule has 0 amide bonds. The van der Waals surface area contributed by atoms with Gasteiger partial charge in [-0.1, -0.05) is 27.7 Å². The minimum atomic E-state index is -0.125. The Kier molecular flexibility index (Phi) is 7.14. The summed E-state index contributed by atoms with van der Waals surface area (Å²) in [5, 5.41) is 3.99. The third-order valence-corrected chi connectivity index (χ3v) is 4.17. The van der Waals surface area contributed by atoms with Crippen molar-refractivity contribution in [2.75, 3.05) is 26.3 Å². The molecule has 1 N–H and O–H groups in total. The van der Waals surface area contributed by atoms with Crippen LogP contribution in [0.5, 0.6) is 0 Å². The fraction of sp³-hybridized carbons (Fsp3) is 0.818. The van der Waals surface area contributed by atoms with E-state index in [2.05, 4.69) is 50.2 Å². The van der Waals surface area contributed by atoms with Crippen LogP contribution >= 0.6 is 0 Å². The second kappa shape index (κ2) is 7.21. The van der Waals surface area contributed by atoms with Gasteiger partial charge >= 0.3 is 0 Å². The molecule has 0 radical (unpaired) electrons. The van der Waals surface area contributed by atoms with Gasteiger partial charge in [0.25, 0.3) is 0 Å². The summed E-state index contributed by atoms with van der Waals surface area (Å²) < 4.78 is 0. The van der Waals surface area contributed by atoms with E-state index < -0.39 is 0 Å². The highest BCUT2D eigenvalue weighted by Crippen LogP contribution is 2.20. The molecule has 0 unspecified atom stereocenters. The highest BCUT2D eigenvalue weighted by Gasteiger charge is 2.15. The van der Waals surface area contributed by atoms with E-state index in [0.717, 1.165) is 26.3 Å². The van der Waals surface area contributed by atoms with Gasteiger partial charge < -0.3 is 5.32 Å². The first-order valence-electron chi connectivity index (χ1n) is 5.59. The van der Waals surface area contributed by atoms with Crippen molar-refractivity contribution in [2.24, 2.45) is 0 Å². The smallest absolute Gasteiger partial charge is 0.0518 e. The lowest BCUT2D eigenvalue weighted by Gasteiger charge is -2.26. The Bertz CT molecular complexity index is 153. The van der Waals surface area contributed by atoms with Gasteiger partial charge in [0.15, 0.2) is 0 Å². The van der Waals surface area contributed by atoms with Crippen LogP contribution in [0.25, 0.3) is 0 Å². The molecule has 0 spiro atoms. The maximum Gasteiger partial charge on any atom is 0.0518 e. The standard InChI is InChI=1S/C11H26N2Si/c1-6-13(7-2)10-12-9-11(4,5)14-8-3/h8,12H,3,6-7,9-10,14H2,1-2,4-5H3. The monoisotopic (exact) mass is 214 g/mol. The molecule has 0 fully saturated rings.